The first-order valence-corrected chi connectivity index (χ1v) is 7.46. The molecule has 1 aromatic carbocycles. The van der Waals surface area contributed by atoms with Crippen LogP contribution in [-0.4, -0.2) is 29.8 Å². The number of carboxylic acids is 1. The van der Waals surface area contributed by atoms with Crippen LogP contribution in [0, 0.1) is 0 Å². The van der Waals surface area contributed by atoms with Gasteiger partial charge in [-0.1, -0.05) is 26.0 Å². The highest BCUT2D eigenvalue weighted by Gasteiger charge is 2.38. The van der Waals surface area contributed by atoms with Crippen LogP contribution < -0.4 is 15.2 Å². The summed E-state index contributed by atoms with van der Waals surface area (Å²) in [5.74, 6) is 0.430. The number of aliphatic carboxylic acids is 1. The number of carboxylic acid groups (broad SMARTS) is 1. The van der Waals surface area contributed by atoms with Gasteiger partial charge in [-0.3, -0.25) is 0 Å². The van der Waals surface area contributed by atoms with E-state index in [-0.39, 0.29) is 5.92 Å². The van der Waals surface area contributed by atoms with Gasteiger partial charge in [0.1, 0.15) is 0 Å². The molecule has 0 bridgehead atoms. The lowest BCUT2D eigenvalue weighted by Gasteiger charge is -2.32. The highest BCUT2D eigenvalue weighted by atomic mass is 16.6. The lowest BCUT2D eigenvalue weighted by molar-refractivity contribution is -0.156. The molecule has 0 fully saturated rings. The third-order valence-corrected chi connectivity index (χ3v) is 4.28. The van der Waals surface area contributed by atoms with Crippen LogP contribution in [0.25, 0.3) is 0 Å². The van der Waals surface area contributed by atoms with Gasteiger partial charge in [-0.25, -0.2) is 4.79 Å². The molecule has 1 aliphatic heterocycles. The van der Waals surface area contributed by atoms with Gasteiger partial charge in [-0.2, -0.15) is 0 Å². The number of hydrogen-bond donors (Lipinski definition) is 2. The molecule has 1 aromatic rings. The molecule has 0 amide bonds. The van der Waals surface area contributed by atoms with E-state index >= 15 is 0 Å². The minimum atomic E-state index is -1.21. The van der Waals surface area contributed by atoms with Crippen molar-refractivity contribution < 1.29 is 19.4 Å². The van der Waals surface area contributed by atoms with E-state index in [1.54, 1.807) is 6.07 Å². The molecule has 0 saturated carbocycles. The molecule has 0 aromatic heterocycles. The fourth-order valence-electron chi connectivity index (χ4n) is 2.74. The summed E-state index contributed by atoms with van der Waals surface area (Å²) < 4.78 is 11.6. The van der Waals surface area contributed by atoms with Gasteiger partial charge in [0.15, 0.2) is 11.5 Å². The molecule has 0 aliphatic carbocycles. The molecule has 116 valence electrons. The summed E-state index contributed by atoms with van der Waals surface area (Å²) in [6.07, 6.45) is 1.66. The zero-order valence-corrected chi connectivity index (χ0v) is 12.6. The number of carbonyl (C=O) groups is 1. The molecule has 0 saturated heterocycles. The van der Waals surface area contributed by atoms with Crippen molar-refractivity contribution in [1.82, 2.24) is 0 Å². The average molecular weight is 293 g/mol. The molecule has 0 spiro atoms. The molecule has 3 N–H and O–H groups in total. The standard InChI is InChI=1S/C16H23NO4/c1-3-16(4-2,15(18)19)21-13-7-5-6-12-11(10-17)8-9-20-14(12)13/h5-7,11H,3-4,8-10,17H2,1-2H3,(H,18,19). The van der Waals surface area contributed by atoms with E-state index in [0.29, 0.717) is 37.5 Å². The Kier molecular flexibility index (Phi) is 4.73. The van der Waals surface area contributed by atoms with Crippen molar-refractivity contribution in [3.05, 3.63) is 23.8 Å². The van der Waals surface area contributed by atoms with Gasteiger partial charge in [0.25, 0.3) is 0 Å². The van der Waals surface area contributed by atoms with Crippen LogP contribution in [-0.2, 0) is 4.79 Å². The van der Waals surface area contributed by atoms with Crippen LogP contribution in [0.1, 0.15) is 44.6 Å². The smallest absolute Gasteiger partial charge is 0.348 e. The van der Waals surface area contributed by atoms with Crippen molar-refractivity contribution in [2.75, 3.05) is 13.2 Å². The normalized spacial score (nSPS) is 17.8. The van der Waals surface area contributed by atoms with Gasteiger partial charge >= 0.3 is 5.97 Å². The predicted molar refractivity (Wildman–Crippen MR) is 79.9 cm³/mol. The van der Waals surface area contributed by atoms with E-state index in [9.17, 15) is 9.90 Å². The van der Waals surface area contributed by atoms with Gasteiger partial charge in [-0.05, 0) is 31.9 Å². The Morgan fingerprint density at radius 2 is 2.19 bits per heavy atom. The number of hydrogen-bond acceptors (Lipinski definition) is 4. The van der Waals surface area contributed by atoms with E-state index in [1.807, 2.05) is 26.0 Å². The first-order chi connectivity index (χ1) is 10.1. The first-order valence-electron chi connectivity index (χ1n) is 7.46. The SMILES string of the molecule is CCC(CC)(Oc1cccc2c1OCCC2CN)C(=O)O. The van der Waals surface area contributed by atoms with Gasteiger partial charge < -0.3 is 20.3 Å². The van der Waals surface area contributed by atoms with Gasteiger partial charge in [0.05, 0.1) is 6.61 Å². The predicted octanol–water partition coefficient (Wildman–Crippen LogP) is 2.53. The molecule has 5 nitrogen and oxygen atoms in total. The quantitative estimate of drug-likeness (QED) is 0.842. The van der Waals surface area contributed by atoms with Crippen molar-refractivity contribution in [2.45, 2.75) is 44.6 Å². The summed E-state index contributed by atoms with van der Waals surface area (Å²) in [7, 11) is 0. The maximum atomic E-state index is 11.6. The Labute approximate surface area is 125 Å². The second kappa shape index (κ2) is 6.35. The van der Waals surface area contributed by atoms with Crippen molar-refractivity contribution in [3.8, 4) is 11.5 Å². The molecular formula is C16H23NO4. The van der Waals surface area contributed by atoms with E-state index in [4.69, 9.17) is 15.2 Å². The molecule has 1 heterocycles. The highest BCUT2D eigenvalue weighted by molar-refractivity contribution is 5.78. The van der Waals surface area contributed by atoms with E-state index in [1.165, 1.54) is 0 Å². The van der Waals surface area contributed by atoms with Gasteiger partial charge in [0.2, 0.25) is 5.60 Å². The number of benzene rings is 1. The van der Waals surface area contributed by atoms with Crippen LogP contribution in [0.4, 0.5) is 0 Å². The van der Waals surface area contributed by atoms with E-state index in [2.05, 4.69) is 0 Å². The minimum Gasteiger partial charge on any atom is -0.489 e. The number of rotatable bonds is 6. The number of para-hydroxylation sites is 1. The van der Waals surface area contributed by atoms with Crippen LogP contribution in [0.2, 0.25) is 0 Å². The second-order valence-corrected chi connectivity index (χ2v) is 5.35. The maximum absolute atomic E-state index is 11.6. The van der Waals surface area contributed by atoms with Gasteiger partial charge in [-0.15, -0.1) is 0 Å². The third-order valence-electron chi connectivity index (χ3n) is 4.28. The van der Waals surface area contributed by atoms with Crippen molar-refractivity contribution >= 4 is 5.97 Å². The van der Waals surface area contributed by atoms with Crippen LogP contribution in [0.15, 0.2) is 18.2 Å². The van der Waals surface area contributed by atoms with Gasteiger partial charge in [0, 0.05) is 11.5 Å². The molecule has 2 rings (SSSR count). The topological polar surface area (TPSA) is 81.8 Å². The molecule has 5 heteroatoms. The lowest BCUT2D eigenvalue weighted by Crippen LogP contribution is -2.43. The summed E-state index contributed by atoms with van der Waals surface area (Å²) in [5, 5.41) is 9.50. The summed E-state index contributed by atoms with van der Waals surface area (Å²) >= 11 is 0. The van der Waals surface area contributed by atoms with Crippen LogP contribution in [0.3, 0.4) is 0 Å². The lowest BCUT2D eigenvalue weighted by atomic mass is 9.92. The molecule has 1 atom stereocenters. The fraction of sp³-hybridized carbons (Fsp3) is 0.562. The summed E-state index contributed by atoms with van der Waals surface area (Å²) in [4.78, 5) is 11.6. The van der Waals surface area contributed by atoms with Crippen LogP contribution >= 0.6 is 0 Å². The highest BCUT2D eigenvalue weighted by Crippen LogP contribution is 2.42. The number of ether oxygens (including phenoxy) is 2. The van der Waals surface area contributed by atoms with Crippen LogP contribution in [0.5, 0.6) is 11.5 Å². The van der Waals surface area contributed by atoms with E-state index < -0.39 is 11.6 Å². The fourth-order valence-corrected chi connectivity index (χ4v) is 2.74. The monoisotopic (exact) mass is 293 g/mol. The maximum Gasteiger partial charge on any atom is 0.348 e. The molecular weight excluding hydrogens is 270 g/mol. The Morgan fingerprint density at radius 1 is 1.48 bits per heavy atom. The third kappa shape index (κ3) is 2.83. The Balaban J connectivity index is 2.39. The average Bonchev–Trinajstić information content (AvgIpc) is 2.51. The summed E-state index contributed by atoms with van der Waals surface area (Å²) in [6, 6.07) is 5.60. The molecule has 21 heavy (non-hydrogen) atoms. The minimum absolute atomic E-state index is 0.236. The molecule has 1 unspecified atom stereocenters. The van der Waals surface area contributed by atoms with Crippen molar-refractivity contribution in [2.24, 2.45) is 5.73 Å². The largest absolute Gasteiger partial charge is 0.489 e. The zero-order chi connectivity index (χ0) is 15.5. The van der Waals surface area contributed by atoms with E-state index in [0.717, 1.165) is 12.0 Å². The number of fused-ring (bicyclic) bond motifs is 1. The van der Waals surface area contributed by atoms with Crippen molar-refractivity contribution in [1.29, 1.82) is 0 Å². The first kappa shape index (κ1) is 15.6. The Bertz CT molecular complexity index is 511. The Hall–Kier alpha value is -1.75. The Morgan fingerprint density at radius 3 is 2.76 bits per heavy atom. The second-order valence-electron chi connectivity index (χ2n) is 5.35. The summed E-state index contributed by atoms with van der Waals surface area (Å²) in [5.41, 5.74) is 5.60. The molecule has 1 aliphatic rings. The van der Waals surface area contributed by atoms with Crippen molar-refractivity contribution in [3.63, 3.8) is 0 Å². The summed E-state index contributed by atoms with van der Waals surface area (Å²) in [6.45, 7) is 4.76. The molecule has 0 radical (unpaired) electrons. The number of nitrogens with two attached hydrogens (primary N) is 1. The zero-order valence-electron chi connectivity index (χ0n) is 12.6.